The van der Waals surface area contributed by atoms with E-state index >= 15 is 0 Å². The summed E-state index contributed by atoms with van der Waals surface area (Å²) in [6, 6.07) is -0.564. The van der Waals surface area contributed by atoms with E-state index in [-0.39, 0.29) is 13.2 Å². The van der Waals surface area contributed by atoms with E-state index in [2.05, 4.69) is 10.6 Å². The summed E-state index contributed by atoms with van der Waals surface area (Å²) >= 11 is 0. The van der Waals surface area contributed by atoms with E-state index in [9.17, 15) is 14.7 Å². The maximum Gasteiger partial charge on any atom is 0.323 e. The molecule has 0 aromatic carbocycles. The highest BCUT2D eigenvalue weighted by molar-refractivity contribution is 5.79. The molecule has 0 saturated heterocycles. The number of aliphatic carboxylic acids is 1. The molecule has 1 radical (unpaired) electrons. The molecule has 0 aliphatic heterocycles. The zero-order valence-electron chi connectivity index (χ0n) is 6.50. The van der Waals surface area contributed by atoms with Gasteiger partial charge in [-0.2, -0.15) is 0 Å². The SMILES string of the molecule is [O]CCCNC(=O)NCC(=O)O. The minimum absolute atomic E-state index is 0.251. The van der Waals surface area contributed by atoms with Crippen LogP contribution in [-0.2, 0) is 9.90 Å². The lowest BCUT2D eigenvalue weighted by Gasteiger charge is -2.03. The van der Waals surface area contributed by atoms with E-state index in [1.807, 2.05) is 0 Å². The number of urea groups is 1. The highest BCUT2D eigenvalue weighted by Crippen LogP contribution is 1.72. The van der Waals surface area contributed by atoms with Gasteiger partial charge in [-0.05, 0) is 6.42 Å². The number of carbonyl (C=O) groups is 2. The van der Waals surface area contributed by atoms with Crippen LogP contribution in [0, 0.1) is 0 Å². The quantitative estimate of drug-likeness (QED) is 0.476. The van der Waals surface area contributed by atoms with Crippen molar-refractivity contribution >= 4 is 12.0 Å². The molecule has 0 atom stereocenters. The second-order valence-corrected chi connectivity index (χ2v) is 2.06. The van der Waals surface area contributed by atoms with Crippen molar-refractivity contribution in [2.24, 2.45) is 0 Å². The fraction of sp³-hybridized carbons (Fsp3) is 0.667. The molecule has 0 heterocycles. The Bertz CT molecular complexity index is 160. The molecule has 0 rings (SSSR count). The third-order valence-corrected chi connectivity index (χ3v) is 1.01. The van der Waals surface area contributed by atoms with Crippen molar-refractivity contribution < 1.29 is 19.8 Å². The predicted molar refractivity (Wildman–Crippen MR) is 39.2 cm³/mol. The average molecular weight is 175 g/mol. The van der Waals surface area contributed by atoms with E-state index in [0.717, 1.165) is 0 Å². The maximum atomic E-state index is 10.6. The molecule has 3 N–H and O–H groups in total. The third kappa shape index (κ3) is 6.81. The summed E-state index contributed by atoms with van der Waals surface area (Å²) in [5.41, 5.74) is 0. The van der Waals surface area contributed by atoms with Crippen molar-refractivity contribution in [2.75, 3.05) is 19.7 Å². The average Bonchev–Trinajstić information content (AvgIpc) is 2.01. The molecule has 69 valence electrons. The maximum absolute atomic E-state index is 10.6. The normalized spacial score (nSPS) is 9.08. The van der Waals surface area contributed by atoms with Crippen LogP contribution in [0.5, 0.6) is 0 Å². The predicted octanol–water partition coefficient (Wildman–Crippen LogP) is -0.809. The third-order valence-electron chi connectivity index (χ3n) is 1.01. The van der Waals surface area contributed by atoms with E-state index in [0.29, 0.717) is 6.42 Å². The van der Waals surface area contributed by atoms with Crippen molar-refractivity contribution in [2.45, 2.75) is 6.42 Å². The number of rotatable bonds is 5. The Balaban J connectivity index is 3.28. The number of carbonyl (C=O) groups excluding carboxylic acids is 1. The molecule has 2 amide bonds. The lowest BCUT2D eigenvalue weighted by molar-refractivity contribution is -0.135. The molecule has 0 fully saturated rings. The lowest BCUT2D eigenvalue weighted by Crippen LogP contribution is -2.38. The summed E-state index contributed by atoms with van der Waals surface area (Å²) in [7, 11) is 0. The van der Waals surface area contributed by atoms with Crippen LogP contribution in [0.2, 0.25) is 0 Å². The monoisotopic (exact) mass is 175 g/mol. The lowest BCUT2D eigenvalue weighted by atomic mass is 10.4. The van der Waals surface area contributed by atoms with Gasteiger partial charge in [-0.15, -0.1) is 0 Å². The van der Waals surface area contributed by atoms with Crippen molar-refractivity contribution in [3.05, 3.63) is 0 Å². The summed E-state index contributed by atoms with van der Waals surface area (Å²) in [5.74, 6) is -1.10. The van der Waals surface area contributed by atoms with Crippen molar-refractivity contribution in [1.29, 1.82) is 0 Å². The van der Waals surface area contributed by atoms with Crippen LogP contribution in [-0.4, -0.2) is 36.8 Å². The summed E-state index contributed by atoms with van der Waals surface area (Å²) in [6.07, 6.45) is 0.348. The largest absolute Gasteiger partial charge is 0.480 e. The topological polar surface area (TPSA) is 98.3 Å². The van der Waals surface area contributed by atoms with Gasteiger partial charge in [0.25, 0.3) is 0 Å². The molecule has 12 heavy (non-hydrogen) atoms. The minimum Gasteiger partial charge on any atom is -0.480 e. The summed E-state index contributed by atoms with van der Waals surface area (Å²) in [6.45, 7) is -0.391. The van der Waals surface area contributed by atoms with Crippen LogP contribution >= 0.6 is 0 Å². The summed E-state index contributed by atoms with van der Waals surface area (Å²) < 4.78 is 0. The number of hydrogen-bond donors (Lipinski definition) is 3. The van der Waals surface area contributed by atoms with Crippen molar-refractivity contribution in [3.63, 3.8) is 0 Å². The van der Waals surface area contributed by atoms with Crippen LogP contribution in [0.15, 0.2) is 0 Å². The second kappa shape index (κ2) is 6.41. The Hall–Kier alpha value is -1.30. The van der Waals surface area contributed by atoms with E-state index in [1.54, 1.807) is 0 Å². The highest BCUT2D eigenvalue weighted by atomic mass is 16.4. The molecule has 0 aromatic heterocycles. The van der Waals surface area contributed by atoms with Crippen LogP contribution < -0.4 is 10.6 Å². The molecule has 0 spiro atoms. The first-order valence-corrected chi connectivity index (χ1v) is 3.48. The molecule has 0 aromatic rings. The fourth-order valence-electron chi connectivity index (χ4n) is 0.492. The van der Waals surface area contributed by atoms with Gasteiger partial charge < -0.3 is 15.7 Å². The van der Waals surface area contributed by atoms with Gasteiger partial charge in [-0.1, -0.05) is 0 Å². The number of nitrogens with one attached hydrogen (secondary N) is 2. The molecule has 0 aliphatic carbocycles. The van der Waals surface area contributed by atoms with Crippen LogP contribution in [0.3, 0.4) is 0 Å². The zero-order valence-corrected chi connectivity index (χ0v) is 6.50. The molecule has 6 heteroatoms. The first-order chi connectivity index (χ1) is 5.66. The molecule has 6 nitrogen and oxygen atoms in total. The Morgan fingerprint density at radius 1 is 1.25 bits per heavy atom. The fourth-order valence-corrected chi connectivity index (χ4v) is 0.492. The van der Waals surface area contributed by atoms with Gasteiger partial charge in [0.05, 0.1) is 6.61 Å². The van der Waals surface area contributed by atoms with E-state index in [1.165, 1.54) is 0 Å². The standard InChI is InChI=1S/C6H11N2O4/c9-3-1-2-7-6(12)8-4-5(10)11/h1-4H2,(H,10,11)(H2,7,8,12). The highest BCUT2D eigenvalue weighted by Gasteiger charge is 2.00. The van der Waals surface area contributed by atoms with Crippen LogP contribution in [0.4, 0.5) is 4.79 Å². The van der Waals surface area contributed by atoms with Gasteiger partial charge in [0.15, 0.2) is 0 Å². The Morgan fingerprint density at radius 2 is 1.92 bits per heavy atom. The second-order valence-electron chi connectivity index (χ2n) is 2.06. The number of carboxylic acids is 1. The van der Waals surface area contributed by atoms with E-state index in [4.69, 9.17) is 5.11 Å². The number of carboxylic acid groups (broad SMARTS) is 1. The molecule has 0 bridgehead atoms. The zero-order chi connectivity index (χ0) is 9.40. The van der Waals surface area contributed by atoms with Crippen LogP contribution in [0.25, 0.3) is 0 Å². The number of hydrogen-bond acceptors (Lipinski definition) is 2. The van der Waals surface area contributed by atoms with Gasteiger partial charge in [-0.25, -0.2) is 9.90 Å². The van der Waals surface area contributed by atoms with Crippen molar-refractivity contribution in [3.8, 4) is 0 Å². The van der Waals surface area contributed by atoms with E-state index < -0.39 is 18.5 Å². The molecule has 0 aliphatic rings. The first kappa shape index (κ1) is 10.7. The Kier molecular flexibility index (Phi) is 5.72. The number of amides is 2. The smallest absolute Gasteiger partial charge is 0.323 e. The molecular formula is C6H11N2O4. The van der Waals surface area contributed by atoms with Crippen molar-refractivity contribution in [1.82, 2.24) is 10.6 Å². The Morgan fingerprint density at radius 3 is 2.42 bits per heavy atom. The molecule has 0 saturated carbocycles. The van der Waals surface area contributed by atoms with Gasteiger partial charge in [-0.3, -0.25) is 4.79 Å². The van der Waals surface area contributed by atoms with Crippen LogP contribution in [0.1, 0.15) is 6.42 Å². The van der Waals surface area contributed by atoms with Gasteiger partial charge in [0.2, 0.25) is 0 Å². The first-order valence-electron chi connectivity index (χ1n) is 3.48. The summed E-state index contributed by atoms with van der Waals surface area (Å²) in [5, 5.41) is 22.5. The Labute approximate surface area is 69.6 Å². The van der Waals surface area contributed by atoms with Gasteiger partial charge in [0, 0.05) is 6.54 Å². The molecular weight excluding hydrogens is 164 g/mol. The summed E-state index contributed by atoms with van der Waals surface area (Å²) in [4.78, 5) is 20.6. The minimum atomic E-state index is -1.10. The van der Waals surface area contributed by atoms with Gasteiger partial charge in [0.1, 0.15) is 6.54 Å². The molecule has 0 unspecified atom stereocenters. The van der Waals surface area contributed by atoms with Gasteiger partial charge >= 0.3 is 12.0 Å².